The molecule has 2 saturated heterocycles. The van der Waals surface area contributed by atoms with Crippen molar-refractivity contribution >= 4 is 5.91 Å². The molecule has 26 heavy (non-hydrogen) atoms. The van der Waals surface area contributed by atoms with Crippen molar-refractivity contribution in [2.75, 3.05) is 19.6 Å². The Morgan fingerprint density at radius 2 is 2.00 bits per heavy atom. The Balaban J connectivity index is 1.37. The first-order valence-corrected chi connectivity index (χ1v) is 9.69. The third-order valence-corrected chi connectivity index (χ3v) is 5.49. The number of aromatic nitrogens is 2. The molecule has 1 unspecified atom stereocenters. The molecular weight excluding hydrogens is 328 g/mol. The molecule has 1 aromatic carbocycles. The lowest BCUT2D eigenvalue weighted by Gasteiger charge is -2.35. The van der Waals surface area contributed by atoms with Gasteiger partial charge >= 0.3 is 0 Å². The summed E-state index contributed by atoms with van der Waals surface area (Å²) >= 11 is 0. The summed E-state index contributed by atoms with van der Waals surface area (Å²) in [6.45, 7) is 3.58. The highest BCUT2D eigenvalue weighted by Crippen LogP contribution is 2.24. The molecule has 6 heteroatoms. The van der Waals surface area contributed by atoms with Crippen molar-refractivity contribution in [3.63, 3.8) is 0 Å². The van der Waals surface area contributed by atoms with Gasteiger partial charge in [0.2, 0.25) is 5.91 Å². The maximum Gasteiger partial charge on any atom is 0.257 e. The summed E-state index contributed by atoms with van der Waals surface area (Å²) in [6, 6.07) is 10.4. The zero-order chi connectivity index (χ0) is 17.8. The zero-order valence-corrected chi connectivity index (χ0v) is 15.1. The number of piperidine rings is 1. The highest BCUT2D eigenvalue weighted by molar-refractivity contribution is 5.78. The summed E-state index contributed by atoms with van der Waals surface area (Å²) in [4.78, 5) is 20.9. The monoisotopic (exact) mass is 354 g/mol. The molecule has 1 atom stereocenters. The van der Waals surface area contributed by atoms with Gasteiger partial charge < -0.3 is 9.42 Å². The molecule has 6 nitrogen and oxygen atoms in total. The normalized spacial score (nSPS) is 21.5. The van der Waals surface area contributed by atoms with Crippen molar-refractivity contribution in [1.82, 2.24) is 19.9 Å². The lowest BCUT2D eigenvalue weighted by atomic mass is 9.99. The lowest BCUT2D eigenvalue weighted by molar-refractivity contribution is -0.127. The molecule has 3 heterocycles. The van der Waals surface area contributed by atoms with Gasteiger partial charge in [-0.15, -0.1) is 0 Å². The van der Waals surface area contributed by atoms with Crippen LogP contribution in [0.25, 0.3) is 11.5 Å². The maximum atomic E-state index is 11.8. The zero-order valence-electron chi connectivity index (χ0n) is 15.1. The summed E-state index contributed by atoms with van der Waals surface area (Å²) in [5.41, 5.74) is 0.953. The molecule has 0 radical (unpaired) electrons. The fourth-order valence-corrected chi connectivity index (χ4v) is 4.04. The fraction of sp³-hybridized carbons (Fsp3) is 0.550. The number of benzene rings is 1. The van der Waals surface area contributed by atoms with E-state index in [1.54, 1.807) is 0 Å². The predicted molar refractivity (Wildman–Crippen MR) is 98.2 cm³/mol. The summed E-state index contributed by atoms with van der Waals surface area (Å²) in [5, 5.41) is 4.18. The third-order valence-electron chi connectivity index (χ3n) is 5.49. The van der Waals surface area contributed by atoms with Crippen LogP contribution in [0, 0.1) is 0 Å². The molecule has 0 aliphatic carbocycles. The van der Waals surface area contributed by atoms with Crippen LogP contribution in [0.1, 0.15) is 44.3 Å². The molecule has 138 valence electrons. The van der Waals surface area contributed by atoms with Crippen LogP contribution in [0.5, 0.6) is 0 Å². The summed E-state index contributed by atoms with van der Waals surface area (Å²) in [6.07, 6.45) is 6.43. The van der Waals surface area contributed by atoms with Crippen molar-refractivity contribution in [2.24, 2.45) is 0 Å². The average molecular weight is 354 g/mol. The minimum Gasteiger partial charge on any atom is -0.343 e. The Kier molecular flexibility index (Phi) is 5.29. The van der Waals surface area contributed by atoms with Gasteiger partial charge in [0.25, 0.3) is 5.89 Å². The molecule has 4 rings (SSSR count). The summed E-state index contributed by atoms with van der Waals surface area (Å²) in [5.74, 6) is 1.64. The largest absolute Gasteiger partial charge is 0.343 e. The van der Waals surface area contributed by atoms with E-state index in [9.17, 15) is 4.79 Å². The van der Waals surface area contributed by atoms with Crippen LogP contribution in [0.3, 0.4) is 0 Å². The smallest absolute Gasteiger partial charge is 0.257 e. The van der Waals surface area contributed by atoms with Crippen molar-refractivity contribution in [3.05, 3.63) is 36.2 Å². The van der Waals surface area contributed by atoms with E-state index in [0.29, 0.717) is 17.8 Å². The van der Waals surface area contributed by atoms with Gasteiger partial charge in [0.15, 0.2) is 5.82 Å². The van der Waals surface area contributed by atoms with Gasteiger partial charge in [-0.2, -0.15) is 4.98 Å². The van der Waals surface area contributed by atoms with E-state index in [2.05, 4.69) is 15.0 Å². The lowest BCUT2D eigenvalue weighted by Crippen LogP contribution is -2.41. The first kappa shape index (κ1) is 17.2. The number of rotatable bonds is 6. The molecule has 2 aliphatic rings. The molecule has 2 fully saturated rings. The third kappa shape index (κ3) is 3.96. The van der Waals surface area contributed by atoms with Crippen LogP contribution in [0.4, 0.5) is 0 Å². The molecule has 0 bridgehead atoms. The summed E-state index contributed by atoms with van der Waals surface area (Å²) in [7, 11) is 0. The van der Waals surface area contributed by atoms with E-state index in [1.807, 2.05) is 35.2 Å². The van der Waals surface area contributed by atoms with E-state index in [-0.39, 0.29) is 0 Å². The maximum absolute atomic E-state index is 11.8. The van der Waals surface area contributed by atoms with Gasteiger partial charge in [-0.3, -0.25) is 9.69 Å². The Labute approximate surface area is 154 Å². The minimum atomic E-state index is 0.318. The second-order valence-corrected chi connectivity index (χ2v) is 7.27. The van der Waals surface area contributed by atoms with Gasteiger partial charge in [-0.05, 0) is 44.4 Å². The van der Waals surface area contributed by atoms with E-state index in [0.717, 1.165) is 56.8 Å². The Morgan fingerprint density at radius 1 is 1.12 bits per heavy atom. The second kappa shape index (κ2) is 7.99. The number of carbonyl (C=O) groups is 1. The molecule has 0 N–H and O–H groups in total. The van der Waals surface area contributed by atoms with Crippen LogP contribution < -0.4 is 0 Å². The van der Waals surface area contributed by atoms with E-state index in [1.165, 1.54) is 19.3 Å². The van der Waals surface area contributed by atoms with E-state index < -0.39 is 0 Å². The Morgan fingerprint density at radius 3 is 2.81 bits per heavy atom. The van der Waals surface area contributed by atoms with Crippen LogP contribution in [-0.2, 0) is 11.3 Å². The van der Waals surface area contributed by atoms with Gasteiger partial charge in [0.05, 0.1) is 6.54 Å². The first-order chi connectivity index (χ1) is 12.8. The molecule has 1 amide bonds. The van der Waals surface area contributed by atoms with Crippen LogP contribution in [0.15, 0.2) is 34.9 Å². The van der Waals surface area contributed by atoms with Crippen molar-refractivity contribution in [3.8, 4) is 11.5 Å². The predicted octanol–water partition coefficient (Wildman–Crippen LogP) is 3.10. The second-order valence-electron chi connectivity index (χ2n) is 7.27. The van der Waals surface area contributed by atoms with Crippen LogP contribution in [-0.4, -0.2) is 51.5 Å². The molecule has 0 saturated carbocycles. The van der Waals surface area contributed by atoms with E-state index in [4.69, 9.17) is 4.52 Å². The minimum absolute atomic E-state index is 0.318. The quantitative estimate of drug-likeness (QED) is 0.798. The molecular formula is C20H26N4O2. The molecule has 2 aromatic rings. The average Bonchev–Trinajstić information content (AvgIpc) is 3.31. The number of hydrogen-bond acceptors (Lipinski definition) is 5. The van der Waals surface area contributed by atoms with Crippen molar-refractivity contribution in [1.29, 1.82) is 0 Å². The van der Waals surface area contributed by atoms with Gasteiger partial charge in [-0.1, -0.05) is 29.8 Å². The standard InChI is InChI=1S/C20H26N4O2/c25-19-10-6-13-23(19)14-11-17-9-4-5-12-24(17)15-18-21-20(26-22-18)16-7-2-1-3-8-16/h1-3,7-8,17H,4-6,9-15H2. The number of nitrogens with zero attached hydrogens (tertiary/aromatic N) is 4. The topological polar surface area (TPSA) is 62.5 Å². The van der Waals surface area contributed by atoms with E-state index >= 15 is 0 Å². The van der Waals surface area contributed by atoms with Crippen molar-refractivity contribution < 1.29 is 9.32 Å². The van der Waals surface area contributed by atoms with Gasteiger partial charge in [-0.25, -0.2) is 0 Å². The molecule has 2 aliphatic heterocycles. The highest BCUT2D eigenvalue weighted by atomic mass is 16.5. The highest BCUT2D eigenvalue weighted by Gasteiger charge is 2.26. The summed E-state index contributed by atoms with van der Waals surface area (Å²) < 4.78 is 5.44. The Bertz CT molecular complexity index is 730. The molecule has 0 spiro atoms. The number of carbonyl (C=O) groups excluding carboxylic acids is 1. The number of likely N-dealkylation sites (tertiary alicyclic amines) is 2. The van der Waals surface area contributed by atoms with Crippen LogP contribution >= 0.6 is 0 Å². The van der Waals surface area contributed by atoms with Crippen molar-refractivity contribution in [2.45, 2.75) is 51.1 Å². The van der Waals surface area contributed by atoms with Gasteiger partial charge in [0, 0.05) is 31.1 Å². The molecule has 1 aromatic heterocycles. The van der Waals surface area contributed by atoms with Gasteiger partial charge in [0.1, 0.15) is 0 Å². The first-order valence-electron chi connectivity index (χ1n) is 9.69. The number of hydrogen-bond donors (Lipinski definition) is 0. The number of amides is 1. The Hall–Kier alpha value is -2.21. The van der Waals surface area contributed by atoms with Crippen LogP contribution in [0.2, 0.25) is 0 Å². The SMILES string of the molecule is O=C1CCCN1CCC1CCCCN1Cc1noc(-c2ccccc2)n1. The fourth-order valence-electron chi connectivity index (χ4n) is 4.04.